The lowest BCUT2D eigenvalue weighted by Crippen LogP contribution is -2.55. The summed E-state index contributed by atoms with van der Waals surface area (Å²) in [6.45, 7) is 0.517. The zero-order valence-electron chi connectivity index (χ0n) is 22.7. The van der Waals surface area contributed by atoms with E-state index in [1.165, 1.54) is 17.8 Å². The maximum Gasteiger partial charge on any atom is 0.251 e. The van der Waals surface area contributed by atoms with Gasteiger partial charge in [-0.2, -0.15) is 0 Å². The number of amides is 4. The number of anilines is 1. The van der Waals surface area contributed by atoms with E-state index in [2.05, 4.69) is 20.9 Å². The number of aromatic nitrogens is 1. The van der Waals surface area contributed by atoms with Gasteiger partial charge in [0.25, 0.3) is 5.91 Å². The number of rotatable bonds is 9. The Morgan fingerprint density at radius 1 is 0.875 bits per heavy atom. The van der Waals surface area contributed by atoms with Crippen molar-refractivity contribution in [2.24, 2.45) is 11.8 Å². The number of thiazole rings is 1. The highest BCUT2D eigenvalue weighted by atomic mass is 32.1. The summed E-state index contributed by atoms with van der Waals surface area (Å²) in [6, 6.07) is 6.48. The van der Waals surface area contributed by atoms with Crippen molar-refractivity contribution in [2.75, 3.05) is 11.9 Å². The van der Waals surface area contributed by atoms with E-state index in [-0.39, 0.29) is 35.5 Å². The Morgan fingerprint density at radius 3 is 2.33 bits per heavy atom. The van der Waals surface area contributed by atoms with Gasteiger partial charge in [0.1, 0.15) is 12.1 Å². The normalized spacial score (nSPS) is 22.0. The number of hydrogen-bond acceptors (Lipinski definition) is 6. The third kappa shape index (κ3) is 6.22. The minimum Gasteiger partial charge on any atom is -0.349 e. The standard InChI is InChI=1S/C30H37N5O4S/c36-26(31-22-14-15-22)20-10-8-18(9-11-20)23-17-40-30(32-23)34-28(38)24-7-4-16-35(24)29(39)25(19-5-2-1-3-6-19)33-27(37)21-12-13-21/h8-11,17,19,21-22,24-25H,1-7,12-16H2,(H,31,36)(H,33,37)(H,32,34,38)/t24-,25+/m0/s1. The molecule has 1 aromatic carbocycles. The summed E-state index contributed by atoms with van der Waals surface area (Å²) in [7, 11) is 0. The van der Waals surface area contributed by atoms with Crippen LogP contribution in [0.2, 0.25) is 0 Å². The second kappa shape index (κ2) is 11.7. The molecule has 3 N–H and O–H groups in total. The molecule has 0 unspecified atom stereocenters. The van der Waals surface area contributed by atoms with E-state index in [9.17, 15) is 19.2 Å². The molecule has 40 heavy (non-hydrogen) atoms. The molecule has 6 rings (SSSR count). The van der Waals surface area contributed by atoms with Crippen molar-refractivity contribution in [1.29, 1.82) is 0 Å². The predicted octanol–water partition coefficient (Wildman–Crippen LogP) is 4.11. The largest absolute Gasteiger partial charge is 0.349 e. The Labute approximate surface area is 238 Å². The summed E-state index contributed by atoms with van der Waals surface area (Å²) >= 11 is 1.33. The van der Waals surface area contributed by atoms with Gasteiger partial charge in [0.05, 0.1) is 5.69 Å². The van der Waals surface area contributed by atoms with Gasteiger partial charge in [0.15, 0.2) is 5.13 Å². The maximum absolute atomic E-state index is 13.8. The second-order valence-electron chi connectivity index (χ2n) is 11.7. The number of hydrogen-bond donors (Lipinski definition) is 3. The Balaban J connectivity index is 1.10. The van der Waals surface area contributed by atoms with Crippen LogP contribution in [-0.2, 0) is 14.4 Å². The van der Waals surface area contributed by atoms with Gasteiger partial charge < -0.3 is 20.9 Å². The molecule has 1 saturated heterocycles. The summed E-state index contributed by atoms with van der Waals surface area (Å²) in [5, 5.41) is 11.3. The van der Waals surface area contributed by atoms with E-state index in [0.29, 0.717) is 35.4 Å². The van der Waals surface area contributed by atoms with E-state index in [4.69, 9.17) is 0 Å². The topological polar surface area (TPSA) is 121 Å². The van der Waals surface area contributed by atoms with Gasteiger partial charge in [-0.05, 0) is 69.4 Å². The molecule has 4 fully saturated rings. The van der Waals surface area contributed by atoms with Crippen LogP contribution in [0.25, 0.3) is 11.3 Å². The smallest absolute Gasteiger partial charge is 0.251 e. The molecule has 0 radical (unpaired) electrons. The van der Waals surface area contributed by atoms with Gasteiger partial charge >= 0.3 is 0 Å². The minimum atomic E-state index is -0.576. The van der Waals surface area contributed by atoms with Crippen molar-refractivity contribution in [2.45, 2.75) is 88.8 Å². The summed E-state index contributed by atoms with van der Waals surface area (Å²) in [5.41, 5.74) is 2.19. The first-order valence-electron chi connectivity index (χ1n) is 14.7. The van der Waals surface area contributed by atoms with E-state index >= 15 is 0 Å². The maximum atomic E-state index is 13.8. The van der Waals surface area contributed by atoms with Crippen LogP contribution in [-0.4, -0.2) is 58.2 Å². The number of likely N-dealkylation sites (tertiary alicyclic amines) is 1. The molecule has 1 aromatic heterocycles. The molecule has 3 aliphatic carbocycles. The average molecular weight is 564 g/mol. The van der Waals surface area contributed by atoms with Crippen molar-refractivity contribution < 1.29 is 19.2 Å². The van der Waals surface area contributed by atoms with Crippen molar-refractivity contribution in [3.63, 3.8) is 0 Å². The lowest BCUT2D eigenvalue weighted by molar-refractivity contribution is -0.142. The van der Waals surface area contributed by atoms with Gasteiger partial charge in [-0.3, -0.25) is 19.2 Å². The summed E-state index contributed by atoms with van der Waals surface area (Å²) in [6.07, 6.45) is 10.4. The number of nitrogens with one attached hydrogen (secondary N) is 3. The summed E-state index contributed by atoms with van der Waals surface area (Å²) in [4.78, 5) is 58.4. The molecule has 0 spiro atoms. The molecule has 2 heterocycles. The van der Waals surface area contributed by atoms with Crippen molar-refractivity contribution in [3.8, 4) is 11.3 Å². The van der Waals surface area contributed by atoms with Gasteiger partial charge in [-0.25, -0.2) is 4.98 Å². The van der Waals surface area contributed by atoms with Crippen LogP contribution in [0.3, 0.4) is 0 Å². The zero-order chi connectivity index (χ0) is 27.6. The number of carbonyl (C=O) groups excluding carboxylic acids is 4. The fourth-order valence-electron chi connectivity index (χ4n) is 5.89. The Bertz CT molecular complexity index is 1260. The summed E-state index contributed by atoms with van der Waals surface area (Å²) in [5.74, 6) is -0.281. The molecule has 1 aliphatic heterocycles. The molecule has 0 bridgehead atoms. The lowest BCUT2D eigenvalue weighted by atomic mass is 9.83. The fraction of sp³-hybridized carbons (Fsp3) is 0.567. The first-order valence-corrected chi connectivity index (χ1v) is 15.6. The molecule has 2 atom stereocenters. The molecule has 2 aromatic rings. The van der Waals surface area contributed by atoms with Crippen molar-refractivity contribution >= 4 is 40.1 Å². The lowest BCUT2D eigenvalue weighted by Gasteiger charge is -2.34. The average Bonchev–Trinajstić information content (AvgIpc) is 3.89. The third-order valence-electron chi connectivity index (χ3n) is 8.56. The van der Waals surface area contributed by atoms with Crippen LogP contribution in [0, 0.1) is 11.8 Å². The van der Waals surface area contributed by atoms with Crippen LogP contribution in [0.4, 0.5) is 5.13 Å². The molecule has 4 aliphatic rings. The minimum absolute atomic E-state index is 0.0176. The van der Waals surface area contributed by atoms with Crippen LogP contribution >= 0.6 is 11.3 Å². The molecule has 10 heteroatoms. The monoisotopic (exact) mass is 563 g/mol. The second-order valence-corrected chi connectivity index (χ2v) is 12.6. The Hall–Kier alpha value is -3.27. The first-order chi connectivity index (χ1) is 19.5. The van der Waals surface area contributed by atoms with E-state index in [0.717, 1.165) is 63.4 Å². The molecule has 3 saturated carbocycles. The quantitative estimate of drug-likeness (QED) is 0.424. The first kappa shape index (κ1) is 26.9. The summed E-state index contributed by atoms with van der Waals surface area (Å²) < 4.78 is 0. The van der Waals surface area contributed by atoms with E-state index in [1.54, 1.807) is 17.0 Å². The highest BCUT2D eigenvalue weighted by Crippen LogP contribution is 2.33. The molecule has 9 nitrogen and oxygen atoms in total. The van der Waals surface area contributed by atoms with E-state index < -0.39 is 12.1 Å². The van der Waals surface area contributed by atoms with Crippen LogP contribution in [0.1, 0.15) is 81.0 Å². The van der Waals surface area contributed by atoms with Gasteiger partial charge in [-0.15, -0.1) is 11.3 Å². The molecule has 212 valence electrons. The van der Waals surface area contributed by atoms with Gasteiger partial charge in [0.2, 0.25) is 17.7 Å². The third-order valence-corrected chi connectivity index (χ3v) is 9.32. The molecule has 4 amide bonds. The fourth-order valence-corrected chi connectivity index (χ4v) is 6.61. The Kier molecular flexibility index (Phi) is 7.87. The molecular weight excluding hydrogens is 526 g/mol. The SMILES string of the molecule is O=C(NC1CC1)c1ccc(-c2csc(NC(=O)[C@@H]3CCCN3C(=O)[C@H](NC(=O)C3CC3)C3CCCCC3)n2)cc1. The van der Waals surface area contributed by atoms with Crippen LogP contribution < -0.4 is 16.0 Å². The zero-order valence-corrected chi connectivity index (χ0v) is 23.5. The van der Waals surface area contributed by atoms with Gasteiger partial charge in [-0.1, -0.05) is 31.4 Å². The van der Waals surface area contributed by atoms with E-state index in [1.807, 2.05) is 17.5 Å². The van der Waals surface area contributed by atoms with Crippen molar-refractivity contribution in [3.05, 3.63) is 35.2 Å². The number of nitrogens with zero attached hydrogens (tertiary/aromatic N) is 2. The highest BCUT2D eigenvalue weighted by Gasteiger charge is 2.42. The number of carbonyl (C=O) groups is 4. The Morgan fingerprint density at radius 2 is 1.62 bits per heavy atom. The number of benzene rings is 1. The predicted molar refractivity (Wildman–Crippen MR) is 153 cm³/mol. The van der Waals surface area contributed by atoms with Crippen LogP contribution in [0.5, 0.6) is 0 Å². The van der Waals surface area contributed by atoms with Gasteiger partial charge in [0, 0.05) is 35.0 Å². The van der Waals surface area contributed by atoms with Crippen molar-refractivity contribution in [1.82, 2.24) is 20.5 Å². The molecular formula is C30H37N5O4S. The van der Waals surface area contributed by atoms with Crippen LogP contribution in [0.15, 0.2) is 29.6 Å². The highest BCUT2D eigenvalue weighted by molar-refractivity contribution is 7.14.